The second kappa shape index (κ2) is 9.46. The van der Waals surface area contributed by atoms with E-state index in [2.05, 4.69) is 0 Å². The number of non-ortho nitro benzene ring substituents is 1. The van der Waals surface area contributed by atoms with E-state index in [1.165, 1.54) is 28.9 Å². The molecule has 2 unspecified atom stereocenters. The van der Waals surface area contributed by atoms with Gasteiger partial charge in [0.2, 0.25) is 6.04 Å². The number of hydrogen-bond acceptors (Lipinski definition) is 8. The molecule has 3 aromatic rings. The normalized spacial score (nSPS) is 16.7. The molecule has 0 N–H and O–H groups in total. The zero-order valence-electron chi connectivity index (χ0n) is 18.2. The Bertz CT molecular complexity index is 1450. The summed E-state index contributed by atoms with van der Waals surface area (Å²) >= 11 is 0. The van der Waals surface area contributed by atoms with Crippen LogP contribution in [-0.2, 0) is 0 Å². The Balaban J connectivity index is 1.59. The summed E-state index contributed by atoms with van der Waals surface area (Å²) in [4.78, 5) is 42.2. The Morgan fingerprint density at radius 1 is 0.722 bits per heavy atom. The van der Waals surface area contributed by atoms with Crippen molar-refractivity contribution >= 4 is 11.4 Å². The van der Waals surface area contributed by atoms with Crippen molar-refractivity contribution in [3.05, 3.63) is 132 Å². The largest absolute Gasteiger partial charge is 0.347 e. The summed E-state index contributed by atoms with van der Waals surface area (Å²) in [5, 5.41) is 44.8. The molecule has 0 amide bonds. The molecule has 4 rings (SSSR count). The molecule has 0 fully saturated rings. The number of pyridine rings is 2. The number of nitro groups is 4. The molecule has 0 saturated carbocycles. The van der Waals surface area contributed by atoms with Gasteiger partial charge in [-0.1, -0.05) is 0 Å². The third-order valence-electron chi connectivity index (χ3n) is 5.61. The zero-order valence-corrected chi connectivity index (χ0v) is 18.2. The third kappa shape index (κ3) is 4.63. The average molecular weight is 492 g/mol. The van der Waals surface area contributed by atoms with Gasteiger partial charge < -0.3 is 0 Å². The monoisotopic (exact) mass is 492 g/mol. The second-order valence-corrected chi connectivity index (χ2v) is 7.69. The van der Waals surface area contributed by atoms with E-state index < -0.39 is 43.2 Å². The van der Waals surface area contributed by atoms with Crippen molar-refractivity contribution in [2.75, 3.05) is 0 Å². The minimum Gasteiger partial charge on any atom is -0.264 e. The lowest BCUT2D eigenvalue weighted by Gasteiger charge is -2.13. The van der Waals surface area contributed by atoms with Gasteiger partial charge in [0.25, 0.3) is 17.1 Å². The Morgan fingerprint density at radius 2 is 1.33 bits per heavy atom. The van der Waals surface area contributed by atoms with Crippen molar-refractivity contribution in [2.45, 2.75) is 12.1 Å². The fraction of sp³-hybridized carbons (Fsp3) is 0.0909. The number of allylic oxidation sites excluding steroid dienone is 1. The fourth-order valence-corrected chi connectivity index (χ4v) is 3.82. The zero-order chi connectivity index (χ0) is 26.0. The molecule has 1 aliphatic carbocycles. The molecule has 2 atom stereocenters. The molecule has 14 heteroatoms. The summed E-state index contributed by atoms with van der Waals surface area (Å²) in [5.41, 5.74) is 0.491. The summed E-state index contributed by atoms with van der Waals surface area (Å²) in [6, 6.07) is 8.13. The van der Waals surface area contributed by atoms with E-state index in [-0.39, 0.29) is 11.4 Å². The first-order valence-corrected chi connectivity index (χ1v) is 10.3. The molecule has 1 aliphatic rings. The number of aromatic nitrogens is 2. The lowest BCUT2D eigenvalue weighted by atomic mass is 10.0. The van der Waals surface area contributed by atoms with Crippen LogP contribution < -0.4 is 9.13 Å². The Morgan fingerprint density at radius 3 is 1.86 bits per heavy atom. The number of hydrogen-bond donors (Lipinski definition) is 0. The number of nitrogens with zero attached hydrogens (tertiary/aromatic N) is 6. The predicted molar refractivity (Wildman–Crippen MR) is 121 cm³/mol. The number of rotatable bonds is 7. The molecule has 0 saturated heterocycles. The van der Waals surface area contributed by atoms with Gasteiger partial charge in [-0.25, -0.2) is 0 Å². The maximum Gasteiger partial charge on any atom is 0.347 e. The Hall–Kier alpha value is -5.40. The number of benzene rings is 1. The average Bonchev–Trinajstić information content (AvgIpc) is 2.88. The molecule has 0 radical (unpaired) electrons. The maximum atomic E-state index is 11.5. The van der Waals surface area contributed by atoms with Crippen molar-refractivity contribution < 1.29 is 28.8 Å². The quantitative estimate of drug-likeness (QED) is 0.274. The van der Waals surface area contributed by atoms with Gasteiger partial charge in [0.1, 0.15) is 6.07 Å². The van der Waals surface area contributed by atoms with Crippen LogP contribution in [0, 0.1) is 40.5 Å². The predicted octanol–water partition coefficient (Wildman–Crippen LogP) is 2.65. The fourth-order valence-electron chi connectivity index (χ4n) is 3.82. The van der Waals surface area contributed by atoms with Crippen LogP contribution in [0.2, 0.25) is 0 Å². The lowest BCUT2D eigenvalue weighted by molar-refractivity contribution is -0.743. The lowest BCUT2D eigenvalue weighted by Crippen LogP contribution is -2.47. The minimum atomic E-state index is -1.31. The van der Waals surface area contributed by atoms with Gasteiger partial charge in [0.15, 0.2) is 24.8 Å². The van der Waals surface area contributed by atoms with E-state index in [1.807, 2.05) is 0 Å². The molecule has 36 heavy (non-hydrogen) atoms. The molecule has 2 heterocycles. The van der Waals surface area contributed by atoms with E-state index in [0.717, 1.165) is 23.3 Å². The van der Waals surface area contributed by atoms with Crippen LogP contribution in [0.4, 0.5) is 11.4 Å². The summed E-state index contributed by atoms with van der Waals surface area (Å²) in [6.07, 6.45) is 10.0. The summed E-state index contributed by atoms with van der Waals surface area (Å²) in [7, 11) is 0. The first kappa shape index (κ1) is 23.7. The van der Waals surface area contributed by atoms with Crippen molar-refractivity contribution in [2.24, 2.45) is 0 Å². The highest BCUT2D eigenvalue weighted by Crippen LogP contribution is 2.26. The van der Waals surface area contributed by atoms with E-state index in [0.29, 0.717) is 0 Å². The van der Waals surface area contributed by atoms with Crippen molar-refractivity contribution in [1.82, 2.24) is 0 Å². The van der Waals surface area contributed by atoms with E-state index in [1.54, 1.807) is 53.6 Å². The smallest absolute Gasteiger partial charge is 0.264 e. The van der Waals surface area contributed by atoms with Crippen LogP contribution >= 0.6 is 0 Å². The molecule has 0 aliphatic heterocycles. The van der Waals surface area contributed by atoms with E-state index in [4.69, 9.17) is 0 Å². The van der Waals surface area contributed by atoms with Crippen LogP contribution in [0.25, 0.3) is 16.8 Å². The molecular weight excluding hydrogens is 476 g/mol. The first-order valence-electron chi connectivity index (χ1n) is 10.3. The standard InChI is InChI=1S/C22H16N6O8/c29-25(30)17-1-3-19(21(13-17)27(33)34)23-9-5-15(6-10-23)16-7-11-24(12-8-16)20-4-2-18(26(31)32)14-22(20)28(35)36/h1-14,19,21H/q+2. The van der Waals surface area contributed by atoms with Crippen LogP contribution in [0.5, 0.6) is 0 Å². The Labute approximate surface area is 201 Å². The molecule has 14 nitrogen and oxygen atoms in total. The maximum absolute atomic E-state index is 11.5. The van der Waals surface area contributed by atoms with Gasteiger partial charge >= 0.3 is 11.7 Å². The topological polar surface area (TPSA) is 180 Å². The third-order valence-corrected chi connectivity index (χ3v) is 5.61. The van der Waals surface area contributed by atoms with E-state index >= 15 is 0 Å². The van der Waals surface area contributed by atoms with Gasteiger partial charge in [-0.05, 0) is 17.2 Å². The van der Waals surface area contributed by atoms with Crippen LogP contribution in [-0.4, -0.2) is 25.7 Å². The molecular formula is C22H16N6O8+2. The molecule has 2 aromatic heterocycles. The first-order chi connectivity index (χ1) is 17.2. The molecule has 0 spiro atoms. The second-order valence-electron chi connectivity index (χ2n) is 7.69. The van der Waals surface area contributed by atoms with Gasteiger partial charge in [0.05, 0.1) is 20.8 Å². The number of nitro benzene ring substituents is 2. The van der Waals surface area contributed by atoms with Gasteiger partial charge in [-0.2, -0.15) is 9.13 Å². The van der Waals surface area contributed by atoms with Gasteiger partial charge in [0, 0.05) is 47.4 Å². The summed E-state index contributed by atoms with van der Waals surface area (Å²) in [5.74, 6) is 0. The van der Waals surface area contributed by atoms with Gasteiger partial charge in [-0.3, -0.25) is 40.5 Å². The highest BCUT2D eigenvalue weighted by molar-refractivity contribution is 5.61. The van der Waals surface area contributed by atoms with Crippen molar-refractivity contribution in [3.63, 3.8) is 0 Å². The minimum absolute atomic E-state index is 0.153. The summed E-state index contributed by atoms with van der Waals surface area (Å²) < 4.78 is 3.03. The van der Waals surface area contributed by atoms with Crippen molar-refractivity contribution in [3.8, 4) is 16.8 Å². The van der Waals surface area contributed by atoms with Crippen molar-refractivity contribution in [1.29, 1.82) is 0 Å². The Kier molecular flexibility index (Phi) is 6.24. The van der Waals surface area contributed by atoms with E-state index in [9.17, 15) is 40.5 Å². The molecule has 0 bridgehead atoms. The highest BCUT2D eigenvalue weighted by atomic mass is 16.6. The SMILES string of the molecule is O=[N+]([O-])C1=CC([N+](=O)[O-])C([n+]2ccc(-c3cc[n+](-c4ccc([N+](=O)[O-])cc4[N+](=O)[O-])cc3)cc2)C=C1. The van der Waals surface area contributed by atoms with Crippen LogP contribution in [0.15, 0.2) is 91.2 Å². The highest BCUT2D eigenvalue weighted by Gasteiger charge is 2.40. The van der Waals surface area contributed by atoms with Gasteiger partial charge in [-0.15, -0.1) is 0 Å². The molecule has 180 valence electrons. The summed E-state index contributed by atoms with van der Waals surface area (Å²) in [6.45, 7) is 0. The van der Waals surface area contributed by atoms with Crippen LogP contribution in [0.1, 0.15) is 6.04 Å². The van der Waals surface area contributed by atoms with Crippen LogP contribution in [0.3, 0.4) is 0 Å². The molecule has 1 aromatic carbocycles.